The predicted molar refractivity (Wildman–Crippen MR) is 88.9 cm³/mol. The van der Waals surface area contributed by atoms with Crippen molar-refractivity contribution in [3.63, 3.8) is 0 Å². The van der Waals surface area contributed by atoms with Crippen molar-refractivity contribution in [3.8, 4) is 28.8 Å². The van der Waals surface area contributed by atoms with Crippen LogP contribution in [0.15, 0.2) is 36.8 Å². The van der Waals surface area contributed by atoms with E-state index in [1.165, 1.54) is 10.7 Å². The molecular formula is C17H17N5O2. The number of fused-ring (bicyclic) bond motifs is 1. The first kappa shape index (κ1) is 15.8. The fourth-order valence-electron chi connectivity index (χ4n) is 2.31. The largest absolute Gasteiger partial charge is 0.506 e. The van der Waals surface area contributed by atoms with Gasteiger partial charge in [0.15, 0.2) is 0 Å². The van der Waals surface area contributed by atoms with Crippen molar-refractivity contribution in [1.29, 1.82) is 5.26 Å². The zero-order valence-corrected chi connectivity index (χ0v) is 13.5. The molecule has 0 fully saturated rings. The molecule has 0 unspecified atom stereocenters. The normalized spacial score (nSPS) is 10.9. The molecule has 0 atom stereocenters. The third-order valence-corrected chi connectivity index (χ3v) is 3.57. The van der Waals surface area contributed by atoms with Crippen LogP contribution in [0.4, 0.5) is 0 Å². The van der Waals surface area contributed by atoms with Gasteiger partial charge in [0.2, 0.25) is 5.88 Å². The predicted octanol–water partition coefficient (Wildman–Crippen LogP) is 1.91. The fraction of sp³-hybridized carbons (Fsp3) is 0.235. The standard InChI is InChI=1S/C17H17N5O2/c1-21(2)5-6-24-16-4-3-12(9-19-16)13-7-15(23)17-14(8-18)10-20-22(17)11-13/h3-4,7,9-11,23H,5-6H2,1-2H3. The summed E-state index contributed by atoms with van der Waals surface area (Å²) in [7, 11) is 3.96. The minimum absolute atomic E-state index is 0.00728. The molecule has 7 heteroatoms. The van der Waals surface area contributed by atoms with Gasteiger partial charge in [-0.15, -0.1) is 0 Å². The van der Waals surface area contributed by atoms with Crippen LogP contribution in [-0.4, -0.2) is 51.9 Å². The van der Waals surface area contributed by atoms with Gasteiger partial charge >= 0.3 is 0 Å². The number of nitrogens with zero attached hydrogens (tertiary/aromatic N) is 5. The lowest BCUT2D eigenvalue weighted by Gasteiger charge is -2.10. The molecule has 0 aromatic carbocycles. The molecule has 3 rings (SSSR count). The molecular weight excluding hydrogens is 306 g/mol. The first-order valence-electron chi connectivity index (χ1n) is 7.43. The molecule has 0 aliphatic heterocycles. The van der Waals surface area contributed by atoms with Gasteiger partial charge in [0, 0.05) is 36.1 Å². The van der Waals surface area contributed by atoms with E-state index in [1.807, 2.05) is 31.1 Å². The molecule has 0 amide bonds. The van der Waals surface area contributed by atoms with Crippen LogP contribution in [0, 0.1) is 11.3 Å². The molecule has 7 nitrogen and oxygen atoms in total. The van der Waals surface area contributed by atoms with Gasteiger partial charge in [0.05, 0.1) is 6.20 Å². The zero-order chi connectivity index (χ0) is 17.1. The van der Waals surface area contributed by atoms with E-state index in [0.29, 0.717) is 23.6 Å². The summed E-state index contributed by atoms with van der Waals surface area (Å²) in [5.41, 5.74) is 2.31. The fourth-order valence-corrected chi connectivity index (χ4v) is 2.31. The van der Waals surface area contributed by atoms with Gasteiger partial charge in [0.1, 0.15) is 29.5 Å². The number of pyridine rings is 2. The second-order valence-electron chi connectivity index (χ2n) is 5.61. The third kappa shape index (κ3) is 3.14. The first-order valence-corrected chi connectivity index (χ1v) is 7.43. The summed E-state index contributed by atoms with van der Waals surface area (Å²) in [5, 5.41) is 23.3. The molecule has 24 heavy (non-hydrogen) atoms. The Morgan fingerprint density at radius 2 is 2.12 bits per heavy atom. The molecule has 1 N–H and O–H groups in total. The van der Waals surface area contributed by atoms with Gasteiger partial charge in [-0.05, 0) is 26.2 Å². The lowest BCUT2D eigenvalue weighted by Crippen LogP contribution is -2.19. The van der Waals surface area contributed by atoms with Crippen molar-refractivity contribution in [3.05, 3.63) is 42.4 Å². The molecule has 0 saturated heterocycles. The summed E-state index contributed by atoms with van der Waals surface area (Å²) in [6, 6.07) is 7.26. The van der Waals surface area contributed by atoms with Crippen LogP contribution >= 0.6 is 0 Å². The van der Waals surface area contributed by atoms with E-state index in [1.54, 1.807) is 24.5 Å². The van der Waals surface area contributed by atoms with Gasteiger partial charge in [0.25, 0.3) is 0 Å². The van der Waals surface area contributed by atoms with Crippen LogP contribution in [0.2, 0.25) is 0 Å². The molecule has 0 aliphatic rings. The highest BCUT2D eigenvalue weighted by Gasteiger charge is 2.11. The smallest absolute Gasteiger partial charge is 0.213 e. The maximum Gasteiger partial charge on any atom is 0.213 e. The highest BCUT2D eigenvalue weighted by Crippen LogP contribution is 2.29. The molecule has 0 aliphatic carbocycles. The molecule has 0 spiro atoms. The van der Waals surface area contributed by atoms with Crippen molar-refractivity contribution < 1.29 is 9.84 Å². The number of aromatic hydroxyl groups is 1. The van der Waals surface area contributed by atoms with Crippen LogP contribution in [0.5, 0.6) is 11.6 Å². The SMILES string of the molecule is CN(C)CCOc1ccc(-c2cc(O)c3c(C#N)cnn3c2)cn1. The minimum atomic E-state index is 0.00728. The molecule has 122 valence electrons. The van der Waals surface area contributed by atoms with Crippen molar-refractivity contribution in [2.24, 2.45) is 0 Å². The Labute approximate surface area is 139 Å². The summed E-state index contributed by atoms with van der Waals surface area (Å²) in [4.78, 5) is 6.31. The van der Waals surface area contributed by atoms with Gasteiger partial charge < -0.3 is 14.7 Å². The molecule has 0 bridgehead atoms. The van der Waals surface area contributed by atoms with E-state index in [2.05, 4.69) is 10.1 Å². The van der Waals surface area contributed by atoms with Crippen molar-refractivity contribution in [2.75, 3.05) is 27.2 Å². The second kappa shape index (κ2) is 6.56. The Bertz CT molecular complexity index is 894. The number of ether oxygens (including phenoxy) is 1. The van der Waals surface area contributed by atoms with Crippen LogP contribution in [-0.2, 0) is 0 Å². The monoisotopic (exact) mass is 323 g/mol. The number of hydrogen-bond donors (Lipinski definition) is 1. The third-order valence-electron chi connectivity index (χ3n) is 3.57. The maximum atomic E-state index is 10.2. The second-order valence-corrected chi connectivity index (χ2v) is 5.61. The van der Waals surface area contributed by atoms with Crippen molar-refractivity contribution in [1.82, 2.24) is 19.5 Å². The Balaban J connectivity index is 1.84. The average Bonchev–Trinajstić information content (AvgIpc) is 2.99. The molecule has 3 aromatic rings. The number of aromatic nitrogens is 3. The summed E-state index contributed by atoms with van der Waals surface area (Å²) in [6.07, 6.45) is 4.86. The highest BCUT2D eigenvalue weighted by atomic mass is 16.5. The average molecular weight is 323 g/mol. The van der Waals surface area contributed by atoms with Crippen LogP contribution in [0.25, 0.3) is 16.6 Å². The Morgan fingerprint density at radius 3 is 2.79 bits per heavy atom. The summed E-state index contributed by atoms with van der Waals surface area (Å²) in [6.45, 7) is 1.38. The molecule has 0 radical (unpaired) electrons. The number of rotatable bonds is 5. The first-order chi connectivity index (χ1) is 11.6. The highest BCUT2D eigenvalue weighted by molar-refractivity contribution is 5.74. The van der Waals surface area contributed by atoms with Crippen molar-refractivity contribution in [2.45, 2.75) is 0 Å². The Hall–Kier alpha value is -3.11. The van der Waals surface area contributed by atoms with Gasteiger partial charge in [-0.3, -0.25) is 0 Å². The molecule has 3 aromatic heterocycles. The Kier molecular flexibility index (Phi) is 4.31. The van der Waals surface area contributed by atoms with Crippen LogP contribution < -0.4 is 4.74 Å². The van der Waals surface area contributed by atoms with Gasteiger partial charge in [-0.25, -0.2) is 9.50 Å². The van der Waals surface area contributed by atoms with E-state index in [9.17, 15) is 5.11 Å². The van der Waals surface area contributed by atoms with E-state index in [-0.39, 0.29) is 5.75 Å². The molecule has 3 heterocycles. The molecule has 0 saturated carbocycles. The van der Waals surface area contributed by atoms with E-state index < -0.39 is 0 Å². The quantitative estimate of drug-likeness (QED) is 0.772. The topological polar surface area (TPSA) is 86.7 Å². The summed E-state index contributed by atoms with van der Waals surface area (Å²) >= 11 is 0. The maximum absolute atomic E-state index is 10.2. The van der Waals surface area contributed by atoms with Crippen LogP contribution in [0.1, 0.15) is 5.56 Å². The Morgan fingerprint density at radius 1 is 1.29 bits per heavy atom. The lowest BCUT2D eigenvalue weighted by molar-refractivity contribution is 0.254. The number of likely N-dealkylation sites (N-methyl/N-ethyl adjacent to an activating group) is 1. The van der Waals surface area contributed by atoms with Gasteiger partial charge in [-0.1, -0.05) is 0 Å². The van der Waals surface area contributed by atoms with Gasteiger partial charge in [-0.2, -0.15) is 10.4 Å². The number of nitriles is 1. The zero-order valence-electron chi connectivity index (χ0n) is 13.5. The van der Waals surface area contributed by atoms with Crippen LogP contribution in [0.3, 0.4) is 0 Å². The van der Waals surface area contributed by atoms with E-state index in [0.717, 1.165) is 17.7 Å². The van der Waals surface area contributed by atoms with E-state index >= 15 is 0 Å². The summed E-state index contributed by atoms with van der Waals surface area (Å²) < 4.78 is 7.05. The number of hydrogen-bond acceptors (Lipinski definition) is 6. The van der Waals surface area contributed by atoms with E-state index in [4.69, 9.17) is 10.00 Å². The minimum Gasteiger partial charge on any atom is -0.506 e. The van der Waals surface area contributed by atoms with Crippen molar-refractivity contribution >= 4 is 5.52 Å². The summed E-state index contributed by atoms with van der Waals surface area (Å²) in [5.74, 6) is 0.560. The lowest BCUT2D eigenvalue weighted by atomic mass is 10.1.